The van der Waals surface area contributed by atoms with E-state index in [1.165, 1.54) is 19.3 Å². The van der Waals surface area contributed by atoms with Crippen LogP contribution < -0.4 is 11.1 Å². The maximum Gasteiger partial charge on any atom is 0.253 e. The zero-order valence-electron chi connectivity index (χ0n) is 13.9. The highest BCUT2D eigenvalue weighted by Gasteiger charge is 2.16. The summed E-state index contributed by atoms with van der Waals surface area (Å²) in [6, 6.07) is 7.72. The lowest BCUT2D eigenvalue weighted by Gasteiger charge is -2.23. The molecular formula is C17H27IN4O. The van der Waals surface area contributed by atoms with Gasteiger partial charge in [-0.2, -0.15) is 0 Å². The monoisotopic (exact) mass is 430 g/mol. The first-order valence-electron chi connectivity index (χ1n) is 7.90. The molecule has 0 bridgehead atoms. The van der Waals surface area contributed by atoms with Crippen molar-refractivity contribution in [3.8, 4) is 0 Å². The smallest absolute Gasteiger partial charge is 0.253 e. The second kappa shape index (κ2) is 9.75. The molecule has 1 fully saturated rings. The van der Waals surface area contributed by atoms with E-state index in [1.54, 1.807) is 19.0 Å². The number of nitrogens with two attached hydrogens (primary N) is 1. The summed E-state index contributed by atoms with van der Waals surface area (Å²) in [7, 11) is 3.52. The van der Waals surface area contributed by atoms with Crippen LogP contribution in [-0.4, -0.2) is 44.0 Å². The summed E-state index contributed by atoms with van der Waals surface area (Å²) in [5.41, 5.74) is 7.70. The molecule has 0 heterocycles. The first-order chi connectivity index (χ1) is 10.6. The average Bonchev–Trinajstić information content (AvgIpc) is 2.45. The van der Waals surface area contributed by atoms with E-state index >= 15 is 0 Å². The second-order valence-electron chi connectivity index (χ2n) is 6.10. The van der Waals surface area contributed by atoms with Crippen LogP contribution in [0.5, 0.6) is 0 Å². The predicted molar refractivity (Wildman–Crippen MR) is 105 cm³/mol. The van der Waals surface area contributed by atoms with Gasteiger partial charge in [-0.25, -0.2) is 0 Å². The molecule has 1 aliphatic rings. The predicted octanol–water partition coefficient (Wildman–Crippen LogP) is 2.25. The SMILES string of the molecule is CN(C)C(=O)c1cccc(CCNC(N)=NCC2CCC2)c1.I. The number of aliphatic imine (C=N–C) groups is 1. The van der Waals surface area contributed by atoms with Gasteiger partial charge in [0.15, 0.2) is 5.96 Å². The molecule has 1 amide bonds. The second-order valence-corrected chi connectivity index (χ2v) is 6.10. The van der Waals surface area contributed by atoms with Gasteiger partial charge in [0.2, 0.25) is 0 Å². The number of carbonyl (C=O) groups excluding carboxylic acids is 1. The molecule has 3 N–H and O–H groups in total. The van der Waals surface area contributed by atoms with Gasteiger partial charge in [-0.15, -0.1) is 24.0 Å². The molecule has 1 saturated carbocycles. The Morgan fingerprint density at radius 1 is 1.39 bits per heavy atom. The van der Waals surface area contributed by atoms with Gasteiger partial charge < -0.3 is 16.0 Å². The summed E-state index contributed by atoms with van der Waals surface area (Å²) in [5, 5.41) is 3.14. The van der Waals surface area contributed by atoms with Crippen LogP contribution in [-0.2, 0) is 6.42 Å². The van der Waals surface area contributed by atoms with Gasteiger partial charge in [-0.3, -0.25) is 9.79 Å². The molecule has 0 unspecified atom stereocenters. The highest BCUT2D eigenvalue weighted by atomic mass is 127. The molecule has 0 radical (unpaired) electrons. The molecule has 2 rings (SSSR count). The fourth-order valence-electron chi connectivity index (χ4n) is 2.41. The molecule has 0 spiro atoms. The summed E-state index contributed by atoms with van der Waals surface area (Å²) < 4.78 is 0. The summed E-state index contributed by atoms with van der Waals surface area (Å²) in [5.74, 6) is 1.28. The number of amides is 1. The fraction of sp³-hybridized carbons (Fsp3) is 0.529. The van der Waals surface area contributed by atoms with Crippen molar-refractivity contribution in [1.82, 2.24) is 10.2 Å². The van der Waals surface area contributed by atoms with E-state index in [9.17, 15) is 4.79 Å². The molecule has 128 valence electrons. The molecule has 0 atom stereocenters. The van der Waals surface area contributed by atoms with Gasteiger partial charge in [0, 0.05) is 32.7 Å². The maximum absolute atomic E-state index is 11.9. The number of nitrogens with zero attached hydrogens (tertiary/aromatic N) is 2. The van der Waals surface area contributed by atoms with Crippen LogP contribution in [0.25, 0.3) is 0 Å². The number of carbonyl (C=O) groups is 1. The minimum absolute atomic E-state index is 0. The van der Waals surface area contributed by atoms with E-state index in [2.05, 4.69) is 10.3 Å². The van der Waals surface area contributed by atoms with Crippen LogP contribution in [0.15, 0.2) is 29.3 Å². The Kier molecular flexibility index (Phi) is 8.36. The number of nitrogens with one attached hydrogen (secondary N) is 1. The van der Waals surface area contributed by atoms with Gasteiger partial charge in [-0.1, -0.05) is 18.6 Å². The summed E-state index contributed by atoms with van der Waals surface area (Å²) in [6.07, 6.45) is 4.71. The molecule has 0 saturated heterocycles. The van der Waals surface area contributed by atoms with Crippen LogP contribution in [0.1, 0.15) is 35.2 Å². The number of guanidine groups is 1. The van der Waals surface area contributed by atoms with E-state index < -0.39 is 0 Å². The van der Waals surface area contributed by atoms with Crippen molar-refractivity contribution in [2.24, 2.45) is 16.6 Å². The lowest BCUT2D eigenvalue weighted by atomic mass is 9.86. The third-order valence-corrected chi connectivity index (χ3v) is 4.04. The van der Waals surface area contributed by atoms with Gasteiger partial charge in [-0.05, 0) is 42.9 Å². The summed E-state index contributed by atoms with van der Waals surface area (Å²) >= 11 is 0. The van der Waals surface area contributed by atoms with Crippen molar-refractivity contribution in [1.29, 1.82) is 0 Å². The van der Waals surface area contributed by atoms with Crippen LogP contribution in [0.2, 0.25) is 0 Å². The Balaban J connectivity index is 0.00000264. The highest BCUT2D eigenvalue weighted by molar-refractivity contribution is 14.0. The molecule has 5 nitrogen and oxygen atoms in total. The van der Waals surface area contributed by atoms with E-state index in [-0.39, 0.29) is 29.9 Å². The lowest BCUT2D eigenvalue weighted by molar-refractivity contribution is 0.0827. The van der Waals surface area contributed by atoms with Gasteiger partial charge in [0.1, 0.15) is 0 Å². The van der Waals surface area contributed by atoms with E-state index in [1.807, 2.05) is 24.3 Å². The summed E-state index contributed by atoms with van der Waals surface area (Å²) in [4.78, 5) is 17.9. The van der Waals surface area contributed by atoms with Crippen molar-refractivity contribution in [2.45, 2.75) is 25.7 Å². The number of hydrogen-bond donors (Lipinski definition) is 2. The van der Waals surface area contributed by atoms with Gasteiger partial charge in [0.05, 0.1) is 0 Å². The quantitative estimate of drug-likeness (QED) is 0.413. The molecule has 1 aromatic carbocycles. The van der Waals surface area contributed by atoms with E-state index in [0.717, 1.165) is 31.0 Å². The van der Waals surface area contributed by atoms with E-state index in [0.29, 0.717) is 11.5 Å². The van der Waals surface area contributed by atoms with Gasteiger partial charge in [0.25, 0.3) is 5.91 Å². The van der Waals surface area contributed by atoms with Crippen LogP contribution in [0.3, 0.4) is 0 Å². The van der Waals surface area contributed by atoms with E-state index in [4.69, 9.17) is 5.73 Å². The minimum atomic E-state index is 0. The van der Waals surface area contributed by atoms with Crippen LogP contribution >= 0.6 is 24.0 Å². The first kappa shape index (κ1) is 19.7. The molecule has 23 heavy (non-hydrogen) atoms. The van der Waals surface area contributed by atoms with Crippen molar-refractivity contribution < 1.29 is 4.79 Å². The van der Waals surface area contributed by atoms with Crippen molar-refractivity contribution in [2.75, 3.05) is 27.2 Å². The fourth-order valence-corrected chi connectivity index (χ4v) is 2.41. The third kappa shape index (κ3) is 6.37. The Morgan fingerprint density at radius 3 is 2.74 bits per heavy atom. The highest BCUT2D eigenvalue weighted by Crippen LogP contribution is 2.26. The molecule has 0 aliphatic heterocycles. The van der Waals surface area contributed by atoms with Crippen molar-refractivity contribution >= 4 is 35.8 Å². The Hall–Kier alpha value is -1.31. The Bertz CT molecular complexity index is 541. The molecule has 6 heteroatoms. The lowest BCUT2D eigenvalue weighted by Crippen LogP contribution is -2.34. The van der Waals surface area contributed by atoms with Gasteiger partial charge >= 0.3 is 0 Å². The normalized spacial score (nSPS) is 14.6. The topological polar surface area (TPSA) is 70.7 Å². The molecular weight excluding hydrogens is 403 g/mol. The standard InChI is InChI=1S/C17H26N4O.HI/c1-21(2)16(22)15-8-4-5-13(11-15)9-10-19-17(18)20-12-14-6-3-7-14;/h4-5,8,11,14H,3,6-7,9-10,12H2,1-2H3,(H3,18,19,20);1H. The molecule has 0 aromatic heterocycles. The molecule has 1 aliphatic carbocycles. The first-order valence-corrected chi connectivity index (χ1v) is 7.90. The minimum Gasteiger partial charge on any atom is -0.370 e. The summed E-state index contributed by atoms with van der Waals surface area (Å²) in [6.45, 7) is 1.56. The third-order valence-electron chi connectivity index (χ3n) is 4.04. The largest absolute Gasteiger partial charge is 0.370 e. The Labute approximate surface area is 155 Å². The van der Waals surface area contributed by atoms with Crippen LogP contribution in [0.4, 0.5) is 0 Å². The van der Waals surface area contributed by atoms with Crippen molar-refractivity contribution in [3.63, 3.8) is 0 Å². The molecule has 1 aromatic rings. The van der Waals surface area contributed by atoms with Crippen molar-refractivity contribution in [3.05, 3.63) is 35.4 Å². The maximum atomic E-state index is 11.9. The van der Waals surface area contributed by atoms with Crippen LogP contribution in [0, 0.1) is 5.92 Å². The zero-order chi connectivity index (χ0) is 15.9. The number of halogens is 1. The number of rotatable bonds is 6. The number of hydrogen-bond acceptors (Lipinski definition) is 2. The Morgan fingerprint density at radius 2 is 2.13 bits per heavy atom. The number of benzene rings is 1. The average molecular weight is 430 g/mol. The zero-order valence-corrected chi connectivity index (χ0v) is 16.2.